The van der Waals surface area contributed by atoms with Crippen LogP contribution in [-0.2, 0) is 12.8 Å². The molecule has 1 aromatic carbocycles. The molecule has 0 saturated heterocycles. The summed E-state index contributed by atoms with van der Waals surface area (Å²) in [6, 6.07) is 6.09. The van der Waals surface area contributed by atoms with Crippen molar-refractivity contribution in [3.63, 3.8) is 0 Å². The van der Waals surface area contributed by atoms with Gasteiger partial charge in [0.1, 0.15) is 0 Å². The van der Waals surface area contributed by atoms with E-state index in [9.17, 15) is 0 Å². The second-order valence-corrected chi connectivity index (χ2v) is 5.10. The minimum Gasteiger partial charge on any atom is -0.493 e. The van der Waals surface area contributed by atoms with Crippen LogP contribution in [0.2, 0.25) is 0 Å². The van der Waals surface area contributed by atoms with Crippen LogP contribution in [0.25, 0.3) is 0 Å². The van der Waals surface area contributed by atoms with E-state index in [1.807, 2.05) is 24.5 Å². The number of nitrogens with zero attached hydrogens (tertiary/aromatic N) is 2. The van der Waals surface area contributed by atoms with Crippen molar-refractivity contribution in [1.29, 1.82) is 0 Å². The molecule has 5 heteroatoms. The zero-order valence-corrected chi connectivity index (χ0v) is 12.9. The molecule has 0 spiro atoms. The smallest absolute Gasteiger partial charge is 0.160 e. The third-order valence-corrected chi connectivity index (χ3v) is 3.57. The van der Waals surface area contributed by atoms with Gasteiger partial charge in [0.15, 0.2) is 11.5 Å². The highest BCUT2D eigenvalue weighted by Crippen LogP contribution is 2.27. The van der Waals surface area contributed by atoms with Gasteiger partial charge in [0.05, 0.1) is 20.4 Å². The summed E-state index contributed by atoms with van der Waals surface area (Å²) in [7, 11) is 5.46. The number of hydrogen-bond acceptors (Lipinski definition) is 4. The molecule has 0 aliphatic carbocycles. The molecule has 0 fully saturated rings. The third-order valence-electron chi connectivity index (χ3n) is 3.57. The molecule has 0 radical (unpaired) electrons. The van der Waals surface area contributed by atoms with E-state index in [1.54, 1.807) is 14.2 Å². The number of likely N-dealkylation sites (N-methyl/N-ethyl adjacent to an activating group) is 1. The lowest BCUT2D eigenvalue weighted by atomic mass is 10.1. The average molecular weight is 289 g/mol. The molecule has 0 bridgehead atoms. The Kier molecular flexibility index (Phi) is 5.63. The van der Waals surface area contributed by atoms with Gasteiger partial charge in [-0.15, -0.1) is 0 Å². The van der Waals surface area contributed by atoms with Gasteiger partial charge in [0, 0.05) is 19.3 Å². The first-order valence-corrected chi connectivity index (χ1v) is 7.10. The molecule has 2 aromatic rings. The Morgan fingerprint density at radius 3 is 2.38 bits per heavy atom. The Bertz CT molecular complexity index is 540. The van der Waals surface area contributed by atoms with Crippen LogP contribution in [0.3, 0.4) is 0 Å². The van der Waals surface area contributed by atoms with Gasteiger partial charge in [-0.1, -0.05) is 6.07 Å². The Morgan fingerprint density at radius 2 is 1.76 bits per heavy atom. The number of aromatic amines is 1. The van der Waals surface area contributed by atoms with Crippen LogP contribution in [0.15, 0.2) is 30.6 Å². The highest BCUT2D eigenvalue weighted by Gasteiger charge is 2.06. The second kappa shape index (κ2) is 7.69. The van der Waals surface area contributed by atoms with Crippen LogP contribution in [0, 0.1) is 0 Å². The summed E-state index contributed by atoms with van der Waals surface area (Å²) in [5, 5.41) is 6.80. The van der Waals surface area contributed by atoms with Gasteiger partial charge in [-0.2, -0.15) is 5.10 Å². The van der Waals surface area contributed by atoms with Crippen molar-refractivity contribution >= 4 is 0 Å². The summed E-state index contributed by atoms with van der Waals surface area (Å²) in [5.74, 6) is 1.56. The lowest BCUT2D eigenvalue weighted by molar-refractivity contribution is 0.340. The minimum absolute atomic E-state index is 0.773. The van der Waals surface area contributed by atoms with Crippen molar-refractivity contribution in [3.8, 4) is 11.5 Å². The molecule has 2 rings (SSSR count). The van der Waals surface area contributed by atoms with Crippen molar-refractivity contribution in [1.82, 2.24) is 15.1 Å². The minimum atomic E-state index is 0.773. The van der Waals surface area contributed by atoms with Gasteiger partial charge in [0.2, 0.25) is 0 Å². The summed E-state index contributed by atoms with van der Waals surface area (Å²) in [4.78, 5) is 2.32. The quantitative estimate of drug-likeness (QED) is 0.809. The number of ether oxygens (including phenoxy) is 2. The van der Waals surface area contributed by atoms with Gasteiger partial charge >= 0.3 is 0 Å². The maximum Gasteiger partial charge on any atom is 0.160 e. The predicted molar refractivity (Wildman–Crippen MR) is 83.0 cm³/mol. The fourth-order valence-corrected chi connectivity index (χ4v) is 2.20. The Labute approximate surface area is 125 Å². The molecule has 1 heterocycles. The van der Waals surface area contributed by atoms with E-state index in [1.165, 1.54) is 11.1 Å². The molecule has 0 unspecified atom stereocenters. The molecule has 1 N–H and O–H groups in total. The molecule has 21 heavy (non-hydrogen) atoms. The normalized spacial score (nSPS) is 10.9. The monoisotopic (exact) mass is 289 g/mol. The van der Waals surface area contributed by atoms with E-state index in [-0.39, 0.29) is 0 Å². The molecule has 0 aliphatic heterocycles. The molecular weight excluding hydrogens is 266 g/mol. The zero-order chi connectivity index (χ0) is 15.1. The molecule has 0 saturated carbocycles. The summed E-state index contributed by atoms with van der Waals surface area (Å²) >= 11 is 0. The van der Waals surface area contributed by atoms with Crippen molar-refractivity contribution in [3.05, 3.63) is 41.7 Å². The highest BCUT2D eigenvalue weighted by molar-refractivity contribution is 5.42. The number of nitrogens with one attached hydrogen (secondary N) is 1. The largest absolute Gasteiger partial charge is 0.493 e. The van der Waals surface area contributed by atoms with E-state index < -0.39 is 0 Å². The Morgan fingerprint density at radius 1 is 1.05 bits per heavy atom. The van der Waals surface area contributed by atoms with Gasteiger partial charge in [-0.05, 0) is 43.1 Å². The van der Waals surface area contributed by atoms with Gasteiger partial charge in [-0.3, -0.25) is 5.10 Å². The van der Waals surface area contributed by atoms with E-state index in [2.05, 4.69) is 28.2 Å². The molecule has 0 amide bonds. The predicted octanol–water partition coefficient (Wildman–Crippen LogP) is 2.14. The fraction of sp³-hybridized carbons (Fsp3) is 0.438. The maximum atomic E-state index is 5.33. The number of aromatic nitrogens is 2. The van der Waals surface area contributed by atoms with Crippen LogP contribution in [0.5, 0.6) is 11.5 Å². The highest BCUT2D eigenvalue weighted by atomic mass is 16.5. The lowest BCUT2D eigenvalue weighted by Gasteiger charge is -2.16. The van der Waals surface area contributed by atoms with E-state index in [0.29, 0.717) is 0 Å². The van der Waals surface area contributed by atoms with Crippen molar-refractivity contribution in [2.75, 3.05) is 34.4 Å². The second-order valence-electron chi connectivity index (χ2n) is 5.10. The number of rotatable bonds is 8. The summed E-state index contributed by atoms with van der Waals surface area (Å²) in [6.07, 6.45) is 5.82. The van der Waals surface area contributed by atoms with Gasteiger partial charge < -0.3 is 14.4 Å². The van der Waals surface area contributed by atoms with Crippen LogP contribution < -0.4 is 9.47 Å². The van der Waals surface area contributed by atoms with Crippen molar-refractivity contribution in [2.24, 2.45) is 0 Å². The summed E-state index contributed by atoms with van der Waals surface area (Å²) < 4.78 is 10.6. The SMILES string of the molecule is COc1ccc(CCN(C)CCc2cn[nH]c2)cc1OC. The standard InChI is InChI=1S/C16H23N3O2/c1-19(9-7-14-11-17-18-12-14)8-6-13-4-5-15(20-2)16(10-13)21-3/h4-5,10-12H,6-9H2,1-3H3,(H,17,18). The first-order valence-electron chi connectivity index (χ1n) is 7.10. The van der Waals surface area contributed by atoms with Crippen LogP contribution in [0.1, 0.15) is 11.1 Å². The number of methoxy groups -OCH3 is 2. The first-order chi connectivity index (χ1) is 10.2. The van der Waals surface area contributed by atoms with Crippen LogP contribution in [0.4, 0.5) is 0 Å². The summed E-state index contributed by atoms with van der Waals surface area (Å²) in [5.41, 5.74) is 2.50. The topological polar surface area (TPSA) is 50.4 Å². The average Bonchev–Trinajstić information content (AvgIpc) is 3.04. The Balaban J connectivity index is 1.81. The van der Waals surface area contributed by atoms with Gasteiger partial charge in [-0.25, -0.2) is 0 Å². The van der Waals surface area contributed by atoms with E-state index in [0.717, 1.165) is 37.4 Å². The van der Waals surface area contributed by atoms with Crippen LogP contribution in [-0.4, -0.2) is 49.5 Å². The maximum absolute atomic E-state index is 5.33. The molecular formula is C16H23N3O2. The van der Waals surface area contributed by atoms with E-state index in [4.69, 9.17) is 9.47 Å². The van der Waals surface area contributed by atoms with Crippen molar-refractivity contribution in [2.45, 2.75) is 12.8 Å². The van der Waals surface area contributed by atoms with E-state index >= 15 is 0 Å². The molecule has 1 aromatic heterocycles. The number of H-pyrrole nitrogens is 1. The first kappa shape index (κ1) is 15.4. The number of benzene rings is 1. The molecule has 114 valence electrons. The van der Waals surface area contributed by atoms with Crippen molar-refractivity contribution < 1.29 is 9.47 Å². The zero-order valence-electron chi connectivity index (χ0n) is 12.9. The lowest BCUT2D eigenvalue weighted by Crippen LogP contribution is -2.23. The molecule has 5 nitrogen and oxygen atoms in total. The molecule has 0 aliphatic rings. The Hall–Kier alpha value is -2.01. The fourth-order valence-electron chi connectivity index (χ4n) is 2.20. The summed E-state index contributed by atoms with van der Waals surface area (Å²) in [6.45, 7) is 2.03. The van der Waals surface area contributed by atoms with Crippen LogP contribution >= 0.6 is 0 Å². The third kappa shape index (κ3) is 4.49. The molecule has 0 atom stereocenters. The number of hydrogen-bond donors (Lipinski definition) is 1. The van der Waals surface area contributed by atoms with Gasteiger partial charge in [0.25, 0.3) is 0 Å².